The number of amides is 1. The summed E-state index contributed by atoms with van der Waals surface area (Å²) in [6.45, 7) is 1.99. The Kier molecular flexibility index (Phi) is 4.35. The maximum Gasteiger partial charge on any atom is 0.286 e. The first-order chi connectivity index (χ1) is 10.2. The molecule has 0 spiro atoms. The molecule has 0 radical (unpaired) electrons. The van der Waals surface area contributed by atoms with Crippen LogP contribution < -0.4 is 4.74 Å². The lowest BCUT2D eigenvalue weighted by atomic mass is 10.2. The summed E-state index contributed by atoms with van der Waals surface area (Å²) in [5.74, 6) is 0.581. The van der Waals surface area contributed by atoms with Crippen molar-refractivity contribution in [2.75, 3.05) is 20.2 Å². The summed E-state index contributed by atoms with van der Waals surface area (Å²) >= 11 is 4.89. The van der Waals surface area contributed by atoms with Crippen molar-refractivity contribution in [3.8, 4) is 5.75 Å². The zero-order valence-electron chi connectivity index (χ0n) is 11.6. The molecule has 2 heterocycles. The Labute approximate surface area is 136 Å². The molecule has 3 rings (SSSR count). The number of aliphatic imine (C=N–C) groups is 1. The molecule has 1 aromatic rings. The molecular weight excluding hydrogens is 352 g/mol. The van der Waals surface area contributed by atoms with E-state index in [1.165, 1.54) is 24.6 Å². The Morgan fingerprint density at radius 2 is 2.14 bits per heavy atom. The topological polar surface area (TPSA) is 41.9 Å². The zero-order chi connectivity index (χ0) is 14.8. The predicted molar refractivity (Wildman–Crippen MR) is 89.5 cm³/mol. The van der Waals surface area contributed by atoms with E-state index in [9.17, 15) is 4.79 Å². The number of benzene rings is 1. The molecule has 0 bridgehead atoms. The molecule has 1 aromatic carbocycles. The van der Waals surface area contributed by atoms with Gasteiger partial charge in [0.2, 0.25) is 0 Å². The molecule has 2 aliphatic heterocycles. The van der Waals surface area contributed by atoms with Crippen molar-refractivity contribution in [1.29, 1.82) is 0 Å². The lowest BCUT2D eigenvalue weighted by Crippen LogP contribution is -2.23. The van der Waals surface area contributed by atoms with Crippen LogP contribution >= 0.6 is 27.7 Å². The van der Waals surface area contributed by atoms with Gasteiger partial charge in [0.25, 0.3) is 5.91 Å². The fraction of sp³-hybridized carbons (Fsp3) is 0.333. The molecule has 2 aliphatic rings. The van der Waals surface area contributed by atoms with Gasteiger partial charge in [-0.1, -0.05) is 15.9 Å². The number of carbonyl (C=O) groups is 1. The molecule has 4 nitrogen and oxygen atoms in total. The van der Waals surface area contributed by atoms with Gasteiger partial charge in [-0.25, -0.2) is 0 Å². The van der Waals surface area contributed by atoms with E-state index >= 15 is 0 Å². The number of ether oxygens (including phenoxy) is 1. The van der Waals surface area contributed by atoms with Crippen LogP contribution in [-0.4, -0.2) is 36.2 Å². The minimum absolute atomic E-state index is 0.163. The number of carbonyl (C=O) groups excluding carboxylic acids is 1. The van der Waals surface area contributed by atoms with E-state index in [0.717, 1.165) is 34.0 Å². The number of hydrogen-bond donors (Lipinski definition) is 0. The molecule has 1 fully saturated rings. The van der Waals surface area contributed by atoms with Crippen LogP contribution in [0.1, 0.15) is 18.4 Å². The third kappa shape index (κ3) is 3.16. The Morgan fingerprint density at radius 3 is 2.86 bits per heavy atom. The van der Waals surface area contributed by atoms with Crippen LogP contribution in [0.15, 0.2) is 32.6 Å². The monoisotopic (exact) mass is 366 g/mol. The maximum atomic E-state index is 12.1. The van der Waals surface area contributed by atoms with Crippen molar-refractivity contribution in [2.45, 2.75) is 12.8 Å². The first-order valence-electron chi connectivity index (χ1n) is 6.78. The normalized spacial score (nSPS) is 20.3. The van der Waals surface area contributed by atoms with Gasteiger partial charge in [0.05, 0.1) is 12.0 Å². The van der Waals surface area contributed by atoms with E-state index in [1.807, 2.05) is 24.3 Å². The van der Waals surface area contributed by atoms with Gasteiger partial charge in [0, 0.05) is 23.1 Å². The van der Waals surface area contributed by atoms with Crippen LogP contribution in [-0.2, 0) is 4.79 Å². The molecule has 0 aromatic heterocycles. The van der Waals surface area contributed by atoms with Crippen molar-refractivity contribution in [3.63, 3.8) is 0 Å². The molecule has 1 saturated heterocycles. The number of nitrogens with zero attached hydrogens (tertiary/aromatic N) is 2. The number of methoxy groups -OCH3 is 1. The van der Waals surface area contributed by atoms with Crippen molar-refractivity contribution in [2.24, 2.45) is 4.99 Å². The summed E-state index contributed by atoms with van der Waals surface area (Å²) in [6.07, 6.45) is 4.20. The summed E-state index contributed by atoms with van der Waals surface area (Å²) < 4.78 is 6.29. The van der Waals surface area contributed by atoms with Crippen molar-refractivity contribution < 1.29 is 9.53 Å². The second kappa shape index (κ2) is 6.23. The Hall–Kier alpha value is -1.27. The number of halogens is 1. The average molecular weight is 367 g/mol. The summed E-state index contributed by atoms with van der Waals surface area (Å²) in [5.41, 5.74) is 0.876. The number of rotatable bonds is 2. The second-order valence-corrected chi connectivity index (χ2v) is 6.82. The molecule has 0 saturated carbocycles. The van der Waals surface area contributed by atoms with E-state index in [-0.39, 0.29) is 5.91 Å². The third-order valence-electron chi connectivity index (χ3n) is 3.46. The largest absolute Gasteiger partial charge is 0.496 e. The summed E-state index contributed by atoms with van der Waals surface area (Å²) in [4.78, 5) is 19.1. The smallest absolute Gasteiger partial charge is 0.286 e. The van der Waals surface area contributed by atoms with Gasteiger partial charge >= 0.3 is 0 Å². The molecule has 6 heteroatoms. The van der Waals surface area contributed by atoms with Crippen molar-refractivity contribution >= 4 is 44.8 Å². The molecular formula is C15H15BrN2O2S. The second-order valence-electron chi connectivity index (χ2n) is 4.89. The highest BCUT2D eigenvalue weighted by Gasteiger charge is 2.27. The van der Waals surface area contributed by atoms with Gasteiger partial charge in [-0.2, -0.15) is 4.99 Å². The fourth-order valence-corrected chi connectivity index (χ4v) is 3.74. The highest BCUT2D eigenvalue weighted by Crippen LogP contribution is 2.34. The number of thioether (sulfide) groups is 1. The first kappa shape index (κ1) is 14.7. The molecule has 0 atom stereocenters. The molecule has 0 N–H and O–H groups in total. The Morgan fingerprint density at radius 1 is 1.38 bits per heavy atom. The molecule has 0 aliphatic carbocycles. The maximum absolute atomic E-state index is 12.1. The van der Waals surface area contributed by atoms with Crippen LogP contribution in [0.25, 0.3) is 6.08 Å². The standard InChI is InChI=1S/C15H15BrN2O2S/c1-20-12-5-4-11(16)8-10(12)9-13-14(19)17-15(21-13)18-6-2-3-7-18/h4-5,8-9H,2-3,6-7H2,1H3/b13-9+. The first-order valence-corrected chi connectivity index (χ1v) is 8.39. The molecule has 1 amide bonds. The minimum Gasteiger partial charge on any atom is -0.496 e. The highest BCUT2D eigenvalue weighted by atomic mass is 79.9. The molecule has 21 heavy (non-hydrogen) atoms. The van der Waals surface area contributed by atoms with Gasteiger partial charge in [0.15, 0.2) is 5.17 Å². The summed E-state index contributed by atoms with van der Waals surface area (Å²) in [5, 5.41) is 0.831. The van der Waals surface area contributed by atoms with Crippen LogP contribution in [0, 0.1) is 0 Å². The predicted octanol–water partition coefficient (Wildman–Crippen LogP) is 3.52. The number of amidine groups is 1. The lowest BCUT2D eigenvalue weighted by molar-refractivity contribution is -0.113. The van der Waals surface area contributed by atoms with Gasteiger partial charge < -0.3 is 9.64 Å². The van der Waals surface area contributed by atoms with Gasteiger partial charge in [-0.15, -0.1) is 0 Å². The lowest BCUT2D eigenvalue weighted by Gasteiger charge is -2.14. The van der Waals surface area contributed by atoms with E-state index in [4.69, 9.17) is 4.74 Å². The number of hydrogen-bond acceptors (Lipinski definition) is 4. The van der Waals surface area contributed by atoms with Gasteiger partial charge in [-0.3, -0.25) is 4.79 Å². The average Bonchev–Trinajstić information content (AvgIpc) is 3.10. The van der Waals surface area contributed by atoms with Crippen LogP contribution in [0.3, 0.4) is 0 Å². The minimum atomic E-state index is -0.163. The van der Waals surface area contributed by atoms with Crippen molar-refractivity contribution in [3.05, 3.63) is 33.1 Å². The third-order valence-corrected chi connectivity index (χ3v) is 5.00. The van der Waals surface area contributed by atoms with Gasteiger partial charge in [-0.05, 0) is 48.9 Å². The highest BCUT2D eigenvalue weighted by molar-refractivity contribution is 9.10. The molecule has 110 valence electrons. The zero-order valence-corrected chi connectivity index (χ0v) is 14.0. The molecule has 0 unspecified atom stereocenters. The SMILES string of the molecule is COc1ccc(Br)cc1/C=C1/SC(N2CCCC2)=NC1=O. The van der Waals surface area contributed by atoms with Crippen molar-refractivity contribution in [1.82, 2.24) is 4.90 Å². The van der Waals surface area contributed by atoms with E-state index < -0.39 is 0 Å². The van der Waals surface area contributed by atoms with E-state index in [1.54, 1.807) is 7.11 Å². The summed E-state index contributed by atoms with van der Waals surface area (Å²) in [6, 6.07) is 5.73. The van der Waals surface area contributed by atoms with E-state index in [2.05, 4.69) is 25.8 Å². The number of likely N-dealkylation sites (tertiary alicyclic amines) is 1. The summed E-state index contributed by atoms with van der Waals surface area (Å²) in [7, 11) is 1.63. The van der Waals surface area contributed by atoms with E-state index in [0.29, 0.717) is 4.91 Å². The Balaban J connectivity index is 1.85. The Bertz CT molecular complexity index is 637. The quantitative estimate of drug-likeness (QED) is 0.750. The van der Waals surface area contributed by atoms with Gasteiger partial charge in [0.1, 0.15) is 5.75 Å². The van der Waals surface area contributed by atoms with Crippen LogP contribution in [0.5, 0.6) is 5.75 Å². The van der Waals surface area contributed by atoms with Crippen LogP contribution in [0.2, 0.25) is 0 Å². The van der Waals surface area contributed by atoms with Crippen LogP contribution in [0.4, 0.5) is 0 Å². The fourth-order valence-electron chi connectivity index (χ4n) is 2.40.